The molecular weight excluding hydrogens is 671 g/mol. The molecule has 0 amide bonds. The van der Waals surface area contributed by atoms with Crippen molar-refractivity contribution in [1.29, 1.82) is 0 Å². The smallest absolute Gasteiger partial charge is 0.164 e. The van der Waals surface area contributed by atoms with Crippen molar-refractivity contribution in [3.8, 4) is 67.3 Å². The quantitative estimate of drug-likeness (QED) is 0.166. The second kappa shape index (κ2) is 14.0. The minimum atomic E-state index is 0.620. The van der Waals surface area contributed by atoms with Crippen LogP contribution in [0.3, 0.4) is 0 Å². The molecule has 55 heavy (non-hydrogen) atoms. The normalized spacial score (nSPS) is 12.6. The van der Waals surface area contributed by atoms with E-state index in [1.54, 1.807) is 0 Å². The number of nitrogens with zero attached hydrogens (tertiary/aromatic N) is 3. The highest BCUT2D eigenvalue weighted by Crippen LogP contribution is 2.40. The van der Waals surface area contributed by atoms with Gasteiger partial charge in [-0.3, -0.25) is 0 Å². The Hall–Kier alpha value is -7.17. The molecule has 2 aromatic heterocycles. The van der Waals surface area contributed by atoms with Gasteiger partial charge in [0.05, 0.1) is 0 Å². The van der Waals surface area contributed by atoms with Crippen LogP contribution in [0.5, 0.6) is 0 Å². The molecule has 0 aliphatic heterocycles. The molecule has 0 unspecified atom stereocenters. The predicted molar refractivity (Wildman–Crippen MR) is 226 cm³/mol. The summed E-state index contributed by atoms with van der Waals surface area (Å²) in [6.45, 7) is 0. The van der Waals surface area contributed by atoms with Crippen LogP contribution in [0, 0.1) is 0 Å². The molecule has 0 spiro atoms. The fourth-order valence-corrected chi connectivity index (χ4v) is 7.58. The zero-order chi connectivity index (χ0) is 36.6. The van der Waals surface area contributed by atoms with Gasteiger partial charge in [0.25, 0.3) is 0 Å². The molecule has 0 saturated carbocycles. The van der Waals surface area contributed by atoms with Crippen LogP contribution in [0.25, 0.3) is 94.8 Å². The maximum absolute atomic E-state index is 6.51. The van der Waals surface area contributed by atoms with Crippen LogP contribution in [-0.2, 0) is 0 Å². The summed E-state index contributed by atoms with van der Waals surface area (Å²) in [5.74, 6) is 1.94. The lowest BCUT2D eigenvalue weighted by atomic mass is 9.91. The number of hydrogen-bond acceptors (Lipinski definition) is 4. The lowest BCUT2D eigenvalue weighted by Gasteiger charge is -2.13. The average molecular weight is 706 g/mol. The Morgan fingerprint density at radius 3 is 1.62 bits per heavy atom. The molecule has 0 N–H and O–H groups in total. The largest absolute Gasteiger partial charge is 0.456 e. The van der Waals surface area contributed by atoms with E-state index in [9.17, 15) is 0 Å². The van der Waals surface area contributed by atoms with Gasteiger partial charge in [0.1, 0.15) is 11.2 Å². The predicted octanol–water partition coefficient (Wildman–Crippen LogP) is 13.5. The summed E-state index contributed by atoms with van der Waals surface area (Å²) in [7, 11) is 0. The number of allylic oxidation sites excluding steroid dienone is 4. The summed E-state index contributed by atoms with van der Waals surface area (Å²) < 4.78 is 6.51. The third-order valence-corrected chi connectivity index (χ3v) is 10.3. The first-order valence-corrected chi connectivity index (χ1v) is 18.7. The monoisotopic (exact) mass is 705 g/mol. The van der Waals surface area contributed by atoms with Crippen LogP contribution in [0.1, 0.15) is 18.7 Å². The molecule has 1 aliphatic rings. The number of aromatic nitrogens is 3. The number of rotatable bonds is 7. The Labute approximate surface area is 319 Å². The summed E-state index contributed by atoms with van der Waals surface area (Å²) in [6, 6.07) is 59.6. The molecular formula is C51H35N3O. The van der Waals surface area contributed by atoms with Gasteiger partial charge < -0.3 is 4.42 Å². The highest BCUT2D eigenvalue weighted by Gasteiger charge is 2.19. The number of hydrogen-bond donors (Lipinski definition) is 0. The molecule has 0 saturated heterocycles. The van der Waals surface area contributed by atoms with Crippen LogP contribution >= 0.6 is 0 Å². The minimum Gasteiger partial charge on any atom is -0.456 e. The molecule has 0 radical (unpaired) electrons. The van der Waals surface area contributed by atoms with Crippen LogP contribution in [0.2, 0.25) is 0 Å². The molecule has 10 rings (SSSR count). The highest BCUT2D eigenvalue weighted by atomic mass is 16.3. The van der Waals surface area contributed by atoms with Gasteiger partial charge in [0.15, 0.2) is 17.5 Å². The number of furan rings is 1. The van der Waals surface area contributed by atoms with Gasteiger partial charge in [-0.1, -0.05) is 146 Å². The SMILES string of the molecule is C1=CC(c2nc(-c3ccccc3)nc(-c3cccc4oc5ccc(-c6cc(-c7ccccc7)cc(-c7cccc(-c8ccccc8)c7)c6)cc5c34)n2)=CCC1. The Balaban J connectivity index is 1.14. The molecule has 260 valence electrons. The van der Waals surface area contributed by atoms with E-state index < -0.39 is 0 Å². The van der Waals surface area contributed by atoms with Crippen molar-refractivity contribution >= 4 is 27.5 Å². The minimum absolute atomic E-state index is 0.620. The Morgan fingerprint density at radius 1 is 0.382 bits per heavy atom. The van der Waals surface area contributed by atoms with Gasteiger partial charge in [-0.25, -0.2) is 15.0 Å². The Kier molecular flexibility index (Phi) is 8.27. The second-order valence-electron chi connectivity index (χ2n) is 13.9. The fraction of sp³-hybridized carbons (Fsp3) is 0.0392. The molecule has 0 bridgehead atoms. The van der Waals surface area contributed by atoms with E-state index in [1.807, 2.05) is 42.5 Å². The Bertz CT molecular complexity index is 2910. The van der Waals surface area contributed by atoms with Gasteiger partial charge in [0.2, 0.25) is 0 Å². The third kappa shape index (κ3) is 6.34. The van der Waals surface area contributed by atoms with E-state index in [0.29, 0.717) is 17.5 Å². The molecule has 0 atom stereocenters. The highest BCUT2D eigenvalue weighted by molar-refractivity contribution is 6.13. The molecule has 0 fully saturated rings. The maximum atomic E-state index is 6.51. The third-order valence-electron chi connectivity index (χ3n) is 10.3. The standard InChI is InChI=1S/C51H35N3O/c1-5-15-34(16-6-1)38-23-13-24-39(29-38)42-30-41(35-17-7-2-8-18-35)31-43(32-42)40-27-28-46-45(33-40)48-44(25-14-26-47(48)55-46)51-53-49(36-19-9-3-10-20-36)52-50(54-51)37-21-11-4-12-22-37/h1-3,5-11,13-33H,4,12H2. The first kappa shape index (κ1) is 32.5. The molecule has 7 aromatic carbocycles. The maximum Gasteiger partial charge on any atom is 0.164 e. The first-order chi connectivity index (χ1) is 27.2. The van der Waals surface area contributed by atoms with E-state index in [4.69, 9.17) is 19.4 Å². The van der Waals surface area contributed by atoms with E-state index in [-0.39, 0.29) is 0 Å². The average Bonchev–Trinajstić information content (AvgIpc) is 3.66. The van der Waals surface area contributed by atoms with Crippen LogP contribution < -0.4 is 0 Å². The van der Waals surface area contributed by atoms with Crippen molar-refractivity contribution in [2.75, 3.05) is 0 Å². The van der Waals surface area contributed by atoms with Crippen LogP contribution in [0.4, 0.5) is 0 Å². The van der Waals surface area contributed by atoms with Gasteiger partial charge in [-0.05, 0) is 99.8 Å². The van der Waals surface area contributed by atoms with E-state index >= 15 is 0 Å². The van der Waals surface area contributed by atoms with Crippen LogP contribution in [0.15, 0.2) is 193 Å². The van der Waals surface area contributed by atoms with Gasteiger partial charge in [-0.2, -0.15) is 0 Å². The van der Waals surface area contributed by atoms with Gasteiger partial charge >= 0.3 is 0 Å². The molecule has 4 heteroatoms. The van der Waals surface area contributed by atoms with Crippen LogP contribution in [-0.4, -0.2) is 15.0 Å². The van der Waals surface area contributed by atoms with Gasteiger partial charge in [0, 0.05) is 27.5 Å². The second-order valence-corrected chi connectivity index (χ2v) is 13.9. The number of fused-ring (bicyclic) bond motifs is 3. The van der Waals surface area contributed by atoms with Crippen molar-refractivity contribution in [2.24, 2.45) is 0 Å². The molecule has 4 nitrogen and oxygen atoms in total. The zero-order valence-electron chi connectivity index (χ0n) is 30.1. The molecule has 9 aromatic rings. The van der Waals surface area contributed by atoms with Crippen molar-refractivity contribution in [3.63, 3.8) is 0 Å². The lowest BCUT2D eigenvalue weighted by Crippen LogP contribution is -2.03. The van der Waals surface area contributed by atoms with E-state index in [0.717, 1.165) is 73.7 Å². The topological polar surface area (TPSA) is 51.8 Å². The molecule has 1 aliphatic carbocycles. The summed E-state index contributed by atoms with van der Waals surface area (Å²) in [6.07, 6.45) is 8.50. The fourth-order valence-electron chi connectivity index (χ4n) is 7.58. The van der Waals surface area contributed by atoms with Gasteiger partial charge in [-0.15, -0.1) is 0 Å². The van der Waals surface area contributed by atoms with E-state index in [2.05, 4.69) is 146 Å². The summed E-state index contributed by atoms with van der Waals surface area (Å²) in [4.78, 5) is 15.2. The molecule has 2 heterocycles. The number of benzene rings is 7. The van der Waals surface area contributed by atoms with Crippen molar-refractivity contribution in [3.05, 3.63) is 194 Å². The summed E-state index contributed by atoms with van der Waals surface area (Å²) in [5, 5.41) is 2.00. The van der Waals surface area contributed by atoms with Crippen molar-refractivity contribution in [2.45, 2.75) is 12.8 Å². The zero-order valence-corrected chi connectivity index (χ0v) is 30.1. The first-order valence-electron chi connectivity index (χ1n) is 18.7. The van der Waals surface area contributed by atoms with Crippen molar-refractivity contribution < 1.29 is 4.42 Å². The van der Waals surface area contributed by atoms with Crippen molar-refractivity contribution in [1.82, 2.24) is 15.0 Å². The van der Waals surface area contributed by atoms with E-state index in [1.165, 1.54) is 22.3 Å². The summed E-state index contributed by atoms with van der Waals surface area (Å²) in [5.41, 5.74) is 13.7. The Morgan fingerprint density at radius 2 is 0.927 bits per heavy atom. The summed E-state index contributed by atoms with van der Waals surface area (Å²) >= 11 is 0. The lowest BCUT2D eigenvalue weighted by molar-refractivity contribution is 0.669.